The zero-order valence-electron chi connectivity index (χ0n) is 13.1. The van der Waals surface area contributed by atoms with Gasteiger partial charge in [-0.05, 0) is 55.7 Å². The molecule has 0 saturated heterocycles. The third-order valence-corrected chi connectivity index (χ3v) is 5.38. The van der Waals surface area contributed by atoms with Crippen LogP contribution in [0.25, 0.3) is 0 Å². The predicted octanol–water partition coefficient (Wildman–Crippen LogP) is 3.11. The summed E-state index contributed by atoms with van der Waals surface area (Å²) in [6.07, 6.45) is 6.48. The van der Waals surface area contributed by atoms with E-state index in [0.717, 1.165) is 38.6 Å². The fraction of sp³-hybridized carbons (Fsp3) is 0.647. The number of benzene rings is 1. The summed E-state index contributed by atoms with van der Waals surface area (Å²) in [4.78, 5) is 0. The molecule has 0 aromatic heterocycles. The van der Waals surface area contributed by atoms with E-state index in [4.69, 9.17) is 0 Å². The number of fused-ring (bicyclic) bond motifs is 1. The SMILES string of the molecule is CCCNC1c2ccccc2CCC1CCCS(C)(=O)=O. The van der Waals surface area contributed by atoms with E-state index < -0.39 is 9.84 Å². The van der Waals surface area contributed by atoms with Crippen LogP contribution in [-0.2, 0) is 16.3 Å². The highest BCUT2D eigenvalue weighted by atomic mass is 32.2. The van der Waals surface area contributed by atoms with E-state index in [2.05, 4.69) is 36.5 Å². The summed E-state index contributed by atoms with van der Waals surface area (Å²) >= 11 is 0. The lowest BCUT2D eigenvalue weighted by atomic mass is 9.77. The lowest BCUT2D eigenvalue weighted by molar-refractivity contribution is 0.301. The first-order chi connectivity index (χ1) is 10.0. The molecule has 2 atom stereocenters. The van der Waals surface area contributed by atoms with Crippen LogP contribution in [0.4, 0.5) is 0 Å². The molecule has 1 aromatic rings. The molecule has 1 N–H and O–H groups in total. The number of rotatable bonds is 7. The van der Waals surface area contributed by atoms with Crippen LogP contribution in [0.15, 0.2) is 24.3 Å². The van der Waals surface area contributed by atoms with Crippen molar-refractivity contribution in [3.63, 3.8) is 0 Å². The van der Waals surface area contributed by atoms with Gasteiger partial charge in [-0.15, -0.1) is 0 Å². The van der Waals surface area contributed by atoms with Crippen molar-refractivity contribution in [3.8, 4) is 0 Å². The lowest BCUT2D eigenvalue weighted by Gasteiger charge is -2.34. The minimum Gasteiger partial charge on any atom is -0.310 e. The predicted molar refractivity (Wildman–Crippen MR) is 88.2 cm³/mol. The highest BCUT2D eigenvalue weighted by Gasteiger charge is 2.28. The van der Waals surface area contributed by atoms with Crippen LogP contribution in [-0.4, -0.2) is 27.0 Å². The van der Waals surface area contributed by atoms with Gasteiger partial charge in [0.05, 0.1) is 0 Å². The monoisotopic (exact) mass is 309 g/mol. The maximum absolute atomic E-state index is 11.3. The van der Waals surface area contributed by atoms with E-state index in [0.29, 0.717) is 17.7 Å². The van der Waals surface area contributed by atoms with E-state index in [9.17, 15) is 8.42 Å². The van der Waals surface area contributed by atoms with Crippen LogP contribution in [0, 0.1) is 5.92 Å². The zero-order chi connectivity index (χ0) is 15.3. The van der Waals surface area contributed by atoms with Gasteiger partial charge in [-0.3, -0.25) is 0 Å². The molecule has 0 amide bonds. The molecule has 2 rings (SSSR count). The molecule has 4 heteroatoms. The van der Waals surface area contributed by atoms with Crippen LogP contribution >= 0.6 is 0 Å². The molecule has 0 fully saturated rings. The van der Waals surface area contributed by atoms with E-state index in [-0.39, 0.29) is 0 Å². The van der Waals surface area contributed by atoms with Crippen LogP contribution in [0.2, 0.25) is 0 Å². The van der Waals surface area contributed by atoms with Gasteiger partial charge in [0.2, 0.25) is 0 Å². The summed E-state index contributed by atoms with van der Waals surface area (Å²) in [5.41, 5.74) is 2.87. The van der Waals surface area contributed by atoms with Crippen LogP contribution < -0.4 is 5.32 Å². The van der Waals surface area contributed by atoms with Gasteiger partial charge in [-0.2, -0.15) is 0 Å². The van der Waals surface area contributed by atoms with Crippen molar-refractivity contribution in [2.45, 2.75) is 45.1 Å². The Morgan fingerprint density at radius 3 is 2.76 bits per heavy atom. The van der Waals surface area contributed by atoms with Crippen LogP contribution in [0.3, 0.4) is 0 Å². The molecule has 0 radical (unpaired) electrons. The van der Waals surface area contributed by atoms with E-state index >= 15 is 0 Å². The van der Waals surface area contributed by atoms with Crippen molar-refractivity contribution in [1.29, 1.82) is 0 Å². The Labute approximate surface area is 129 Å². The number of sulfone groups is 1. The minimum absolute atomic E-state index is 0.311. The smallest absolute Gasteiger partial charge is 0.147 e. The first-order valence-electron chi connectivity index (χ1n) is 8.00. The van der Waals surface area contributed by atoms with Gasteiger partial charge in [0.1, 0.15) is 9.84 Å². The van der Waals surface area contributed by atoms with Crippen molar-refractivity contribution in [2.24, 2.45) is 5.92 Å². The van der Waals surface area contributed by atoms with Crippen molar-refractivity contribution >= 4 is 9.84 Å². The molecule has 3 nitrogen and oxygen atoms in total. The second-order valence-corrected chi connectivity index (χ2v) is 8.46. The molecular weight excluding hydrogens is 282 g/mol. The molecule has 0 saturated carbocycles. The molecular formula is C17H27NO2S. The molecule has 1 aromatic carbocycles. The van der Waals surface area contributed by atoms with E-state index in [1.165, 1.54) is 17.4 Å². The Morgan fingerprint density at radius 1 is 1.29 bits per heavy atom. The molecule has 2 unspecified atom stereocenters. The van der Waals surface area contributed by atoms with Gasteiger partial charge in [0.25, 0.3) is 0 Å². The highest BCUT2D eigenvalue weighted by Crippen LogP contribution is 2.36. The van der Waals surface area contributed by atoms with Crippen LogP contribution in [0.5, 0.6) is 0 Å². The largest absolute Gasteiger partial charge is 0.310 e. The Kier molecular flexibility index (Phi) is 5.82. The number of hydrogen-bond donors (Lipinski definition) is 1. The summed E-state index contributed by atoms with van der Waals surface area (Å²) in [6, 6.07) is 9.06. The van der Waals surface area contributed by atoms with Gasteiger partial charge < -0.3 is 5.32 Å². The summed E-state index contributed by atoms with van der Waals surface area (Å²) in [5, 5.41) is 3.68. The quantitative estimate of drug-likeness (QED) is 0.842. The average molecular weight is 309 g/mol. The fourth-order valence-electron chi connectivity index (χ4n) is 3.32. The molecule has 21 heavy (non-hydrogen) atoms. The van der Waals surface area contributed by atoms with Crippen molar-refractivity contribution in [2.75, 3.05) is 18.6 Å². The molecule has 118 valence electrons. The number of aryl methyl sites for hydroxylation is 1. The first kappa shape index (κ1) is 16.5. The molecule has 1 aliphatic carbocycles. The third kappa shape index (κ3) is 4.82. The maximum atomic E-state index is 11.3. The van der Waals surface area contributed by atoms with Crippen molar-refractivity contribution < 1.29 is 8.42 Å². The molecule has 1 aliphatic rings. The van der Waals surface area contributed by atoms with Gasteiger partial charge in [0.15, 0.2) is 0 Å². The normalized spacial score (nSPS) is 22.0. The molecule has 0 spiro atoms. The Hall–Kier alpha value is -0.870. The fourth-order valence-corrected chi connectivity index (χ4v) is 4.01. The summed E-state index contributed by atoms with van der Waals surface area (Å²) in [7, 11) is -2.84. The number of nitrogens with one attached hydrogen (secondary N) is 1. The minimum atomic E-state index is -2.84. The van der Waals surface area contributed by atoms with Crippen molar-refractivity contribution in [1.82, 2.24) is 5.32 Å². The Balaban J connectivity index is 2.06. The average Bonchev–Trinajstić information content (AvgIpc) is 2.44. The standard InChI is InChI=1S/C17H27NO2S/c1-3-12-18-17-15(8-6-13-21(2,19)20)11-10-14-7-4-5-9-16(14)17/h4-5,7,9,15,17-18H,3,6,8,10-13H2,1-2H3. The molecule has 0 bridgehead atoms. The van der Waals surface area contributed by atoms with Gasteiger partial charge >= 0.3 is 0 Å². The lowest BCUT2D eigenvalue weighted by Crippen LogP contribution is -2.33. The second kappa shape index (κ2) is 7.41. The topological polar surface area (TPSA) is 46.2 Å². The molecule has 0 heterocycles. The summed E-state index contributed by atoms with van der Waals surface area (Å²) in [6.45, 7) is 3.20. The van der Waals surface area contributed by atoms with Gasteiger partial charge in [-0.25, -0.2) is 8.42 Å². The van der Waals surface area contributed by atoms with E-state index in [1.807, 2.05) is 0 Å². The van der Waals surface area contributed by atoms with Crippen molar-refractivity contribution in [3.05, 3.63) is 35.4 Å². The molecule has 0 aliphatic heterocycles. The maximum Gasteiger partial charge on any atom is 0.147 e. The zero-order valence-corrected chi connectivity index (χ0v) is 14.0. The Bertz CT molecular complexity index is 554. The van der Waals surface area contributed by atoms with Crippen LogP contribution in [0.1, 0.15) is 49.8 Å². The summed E-state index contributed by atoms with van der Waals surface area (Å²) < 4.78 is 22.6. The van der Waals surface area contributed by atoms with E-state index in [1.54, 1.807) is 0 Å². The first-order valence-corrected chi connectivity index (χ1v) is 10.1. The highest BCUT2D eigenvalue weighted by molar-refractivity contribution is 7.90. The third-order valence-electron chi connectivity index (χ3n) is 4.35. The van der Waals surface area contributed by atoms with Gasteiger partial charge in [0, 0.05) is 18.1 Å². The van der Waals surface area contributed by atoms with Gasteiger partial charge in [-0.1, -0.05) is 31.2 Å². The summed E-state index contributed by atoms with van der Waals surface area (Å²) in [5.74, 6) is 0.860. The Morgan fingerprint density at radius 2 is 2.05 bits per heavy atom. The second-order valence-electron chi connectivity index (χ2n) is 6.20. The number of hydrogen-bond acceptors (Lipinski definition) is 3.